The molecule has 0 saturated carbocycles. The lowest BCUT2D eigenvalue weighted by molar-refractivity contribution is 0.0692. The van der Waals surface area contributed by atoms with Crippen molar-refractivity contribution in [1.82, 2.24) is 9.97 Å². The van der Waals surface area contributed by atoms with Gasteiger partial charge in [-0.3, -0.25) is 0 Å². The molecule has 6 heteroatoms. The second-order valence-corrected chi connectivity index (χ2v) is 3.42. The molecule has 0 spiro atoms. The average Bonchev–Trinajstić information content (AvgIpc) is 2.60. The molecule has 0 bridgehead atoms. The van der Waals surface area contributed by atoms with E-state index in [1.165, 1.54) is 18.2 Å². The van der Waals surface area contributed by atoms with Crippen LogP contribution >= 0.6 is 11.6 Å². The number of aromatic nitrogens is 2. The summed E-state index contributed by atoms with van der Waals surface area (Å²) in [5, 5.41) is 8.84. The summed E-state index contributed by atoms with van der Waals surface area (Å²) in [5.74, 6) is -1.66. The van der Waals surface area contributed by atoms with Crippen molar-refractivity contribution in [2.75, 3.05) is 0 Å². The number of hydrogen-bond acceptors (Lipinski definition) is 2. The molecule has 0 atom stereocenters. The molecule has 0 aliphatic heterocycles. The van der Waals surface area contributed by atoms with Gasteiger partial charge >= 0.3 is 5.97 Å². The molecule has 2 aromatic rings. The standard InChI is InChI=1S/C10H6ClFN2O2/c11-10-13-7(8(14-10)9(15)16)5-2-1-3-6(12)4-5/h1-4H,(H,13,14)(H,15,16). The number of carboxylic acid groups (broad SMARTS) is 1. The topological polar surface area (TPSA) is 66.0 Å². The fourth-order valence-electron chi connectivity index (χ4n) is 1.34. The number of hydrogen-bond donors (Lipinski definition) is 2. The van der Waals surface area contributed by atoms with Crippen LogP contribution in [0.15, 0.2) is 24.3 Å². The monoisotopic (exact) mass is 240 g/mol. The molecule has 1 aromatic heterocycles. The van der Waals surface area contributed by atoms with Crippen LogP contribution in [0, 0.1) is 5.82 Å². The summed E-state index contributed by atoms with van der Waals surface area (Å²) in [6.07, 6.45) is 0. The van der Waals surface area contributed by atoms with Gasteiger partial charge in [0.1, 0.15) is 11.5 Å². The molecule has 0 saturated heterocycles. The van der Waals surface area contributed by atoms with E-state index in [1.54, 1.807) is 6.07 Å². The normalized spacial score (nSPS) is 10.4. The smallest absolute Gasteiger partial charge is 0.354 e. The summed E-state index contributed by atoms with van der Waals surface area (Å²) in [6.45, 7) is 0. The quantitative estimate of drug-likeness (QED) is 0.848. The fraction of sp³-hybridized carbons (Fsp3) is 0. The molecule has 0 aliphatic carbocycles. The average molecular weight is 241 g/mol. The van der Waals surface area contributed by atoms with Gasteiger partial charge in [0, 0.05) is 5.56 Å². The second kappa shape index (κ2) is 3.94. The van der Waals surface area contributed by atoms with Crippen LogP contribution in [0.1, 0.15) is 10.5 Å². The molecule has 0 amide bonds. The Morgan fingerprint density at radius 2 is 2.25 bits per heavy atom. The van der Waals surface area contributed by atoms with E-state index in [4.69, 9.17) is 16.7 Å². The zero-order valence-electron chi connectivity index (χ0n) is 7.87. The van der Waals surface area contributed by atoms with Crippen molar-refractivity contribution in [2.45, 2.75) is 0 Å². The van der Waals surface area contributed by atoms with E-state index in [2.05, 4.69) is 9.97 Å². The lowest BCUT2D eigenvalue weighted by Crippen LogP contribution is -1.99. The van der Waals surface area contributed by atoms with Crippen LogP contribution in [0.2, 0.25) is 5.28 Å². The molecule has 82 valence electrons. The lowest BCUT2D eigenvalue weighted by Gasteiger charge is -1.98. The summed E-state index contributed by atoms with van der Waals surface area (Å²) in [7, 11) is 0. The van der Waals surface area contributed by atoms with Gasteiger partial charge in [-0.05, 0) is 23.7 Å². The molecule has 0 radical (unpaired) electrons. The number of halogens is 2. The van der Waals surface area contributed by atoms with Crippen LogP contribution in [0.4, 0.5) is 4.39 Å². The van der Waals surface area contributed by atoms with Gasteiger partial charge < -0.3 is 10.1 Å². The minimum absolute atomic E-state index is 0.0448. The maximum Gasteiger partial charge on any atom is 0.354 e. The zero-order chi connectivity index (χ0) is 11.7. The van der Waals surface area contributed by atoms with E-state index in [9.17, 15) is 9.18 Å². The SMILES string of the molecule is O=C(O)c1[nH]c(Cl)nc1-c1cccc(F)c1. The predicted octanol–water partition coefficient (Wildman–Crippen LogP) is 2.57. The lowest BCUT2D eigenvalue weighted by atomic mass is 10.1. The van der Waals surface area contributed by atoms with Crippen LogP contribution in [0.5, 0.6) is 0 Å². The number of carboxylic acids is 1. The highest BCUT2D eigenvalue weighted by molar-refractivity contribution is 6.28. The van der Waals surface area contributed by atoms with E-state index in [0.717, 1.165) is 0 Å². The highest BCUT2D eigenvalue weighted by Crippen LogP contribution is 2.23. The molecule has 4 nitrogen and oxygen atoms in total. The van der Waals surface area contributed by atoms with Gasteiger partial charge in [-0.25, -0.2) is 14.2 Å². The van der Waals surface area contributed by atoms with E-state index >= 15 is 0 Å². The number of nitrogens with zero attached hydrogens (tertiary/aromatic N) is 1. The Kier molecular flexibility index (Phi) is 2.62. The van der Waals surface area contributed by atoms with Crippen molar-refractivity contribution in [2.24, 2.45) is 0 Å². The second-order valence-electron chi connectivity index (χ2n) is 3.07. The maximum atomic E-state index is 13.0. The predicted molar refractivity (Wildman–Crippen MR) is 56.0 cm³/mol. The molecule has 1 aromatic carbocycles. The highest BCUT2D eigenvalue weighted by atomic mass is 35.5. The number of H-pyrrole nitrogens is 1. The fourth-order valence-corrected chi connectivity index (χ4v) is 1.52. The van der Waals surface area contributed by atoms with Crippen LogP contribution in [-0.2, 0) is 0 Å². The first-order valence-electron chi connectivity index (χ1n) is 4.32. The van der Waals surface area contributed by atoms with E-state index in [1.807, 2.05) is 0 Å². The van der Waals surface area contributed by atoms with Crippen LogP contribution in [0.25, 0.3) is 11.3 Å². The zero-order valence-corrected chi connectivity index (χ0v) is 8.62. The Labute approximate surface area is 94.7 Å². The Balaban J connectivity index is 2.59. The Hall–Kier alpha value is -1.88. The molecule has 2 rings (SSSR count). The van der Waals surface area contributed by atoms with Crippen molar-refractivity contribution in [3.05, 3.63) is 41.1 Å². The number of benzene rings is 1. The largest absolute Gasteiger partial charge is 0.477 e. The van der Waals surface area contributed by atoms with E-state index in [-0.39, 0.29) is 16.7 Å². The maximum absolute atomic E-state index is 13.0. The summed E-state index contributed by atoms with van der Waals surface area (Å²) >= 11 is 5.58. The van der Waals surface area contributed by atoms with Crippen molar-refractivity contribution < 1.29 is 14.3 Å². The van der Waals surface area contributed by atoms with Gasteiger partial charge in [-0.15, -0.1) is 0 Å². The molecule has 0 fully saturated rings. The molecular formula is C10H6ClFN2O2. The van der Waals surface area contributed by atoms with Crippen molar-refractivity contribution in [3.63, 3.8) is 0 Å². The first-order valence-corrected chi connectivity index (χ1v) is 4.70. The van der Waals surface area contributed by atoms with Gasteiger partial charge in [0.25, 0.3) is 0 Å². The van der Waals surface area contributed by atoms with E-state index < -0.39 is 11.8 Å². The Morgan fingerprint density at radius 3 is 2.88 bits per heavy atom. The van der Waals surface area contributed by atoms with Gasteiger partial charge in [-0.2, -0.15) is 0 Å². The third-order valence-electron chi connectivity index (χ3n) is 1.99. The van der Waals surface area contributed by atoms with Gasteiger partial charge in [-0.1, -0.05) is 12.1 Å². The molecule has 16 heavy (non-hydrogen) atoms. The van der Waals surface area contributed by atoms with E-state index in [0.29, 0.717) is 5.56 Å². The first-order chi connectivity index (χ1) is 7.58. The van der Waals surface area contributed by atoms with Gasteiger partial charge in [0.05, 0.1) is 0 Å². The minimum atomic E-state index is -1.20. The van der Waals surface area contributed by atoms with Crippen molar-refractivity contribution >= 4 is 17.6 Å². The summed E-state index contributed by atoms with van der Waals surface area (Å²) in [5.41, 5.74) is 0.327. The third kappa shape index (κ3) is 1.90. The summed E-state index contributed by atoms with van der Waals surface area (Å²) in [4.78, 5) is 17.1. The number of aromatic carboxylic acids is 1. The molecule has 0 unspecified atom stereocenters. The van der Waals surface area contributed by atoms with Crippen LogP contribution < -0.4 is 0 Å². The summed E-state index contributed by atoms with van der Waals surface area (Å²) < 4.78 is 13.0. The number of aromatic amines is 1. The molecular weight excluding hydrogens is 235 g/mol. The number of carbonyl (C=O) groups is 1. The van der Waals surface area contributed by atoms with Crippen LogP contribution in [-0.4, -0.2) is 21.0 Å². The van der Waals surface area contributed by atoms with Crippen LogP contribution in [0.3, 0.4) is 0 Å². The third-order valence-corrected chi connectivity index (χ3v) is 2.17. The molecule has 1 heterocycles. The van der Waals surface area contributed by atoms with Gasteiger partial charge in [0.2, 0.25) is 5.28 Å². The molecule has 2 N–H and O–H groups in total. The summed E-state index contributed by atoms with van der Waals surface area (Å²) in [6, 6.07) is 5.48. The number of rotatable bonds is 2. The van der Waals surface area contributed by atoms with Crippen molar-refractivity contribution in [1.29, 1.82) is 0 Å². The highest BCUT2D eigenvalue weighted by Gasteiger charge is 2.17. The molecule has 0 aliphatic rings. The Morgan fingerprint density at radius 1 is 1.50 bits per heavy atom. The van der Waals surface area contributed by atoms with Gasteiger partial charge in [0.15, 0.2) is 5.69 Å². The number of imidazole rings is 1. The Bertz CT molecular complexity index is 554. The first kappa shape index (κ1) is 10.6. The minimum Gasteiger partial charge on any atom is -0.477 e. The van der Waals surface area contributed by atoms with Crippen molar-refractivity contribution in [3.8, 4) is 11.3 Å². The number of nitrogens with one attached hydrogen (secondary N) is 1.